The zero-order chi connectivity index (χ0) is 17.9. The maximum Gasteiger partial charge on any atom is 0.240 e. The summed E-state index contributed by atoms with van der Waals surface area (Å²) < 4.78 is 25.8. The molecule has 0 fully saturated rings. The number of anilines is 1. The fourth-order valence-corrected chi connectivity index (χ4v) is 3.67. The van der Waals surface area contributed by atoms with E-state index in [1.54, 1.807) is 19.2 Å². The first-order valence-electron chi connectivity index (χ1n) is 8.14. The van der Waals surface area contributed by atoms with Gasteiger partial charge in [0, 0.05) is 25.8 Å². The lowest BCUT2D eigenvalue weighted by Gasteiger charge is -2.22. The number of nitrogens with one attached hydrogen (secondary N) is 2. The van der Waals surface area contributed by atoms with Crippen LogP contribution in [-0.4, -0.2) is 35.0 Å². The van der Waals surface area contributed by atoms with Gasteiger partial charge in [-0.1, -0.05) is 30.3 Å². The normalized spacial score (nSPS) is 14.5. The second kappa shape index (κ2) is 7.25. The molecule has 0 saturated heterocycles. The lowest BCUT2D eigenvalue weighted by atomic mass is 10.2. The van der Waals surface area contributed by atoms with E-state index in [2.05, 4.69) is 38.1 Å². The Morgan fingerprint density at radius 3 is 2.56 bits per heavy atom. The van der Waals surface area contributed by atoms with Gasteiger partial charge in [0.05, 0.1) is 4.90 Å². The zero-order valence-electron chi connectivity index (χ0n) is 14.4. The van der Waals surface area contributed by atoms with E-state index in [4.69, 9.17) is 0 Å². The van der Waals surface area contributed by atoms with Crippen LogP contribution in [0.15, 0.2) is 58.4 Å². The first-order valence-corrected chi connectivity index (χ1v) is 9.62. The summed E-state index contributed by atoms with van der Waals surface area (Å²) in [6.07, 6.45) is 1.01. The van der Waals surface area contributed by atoms with Crippen LogP contribution >= 0.6 is 0 Å². The Bertz CT molecular complexity index is 876. The van der Waals surface area contributed by atoms with Gasteiger partial charge in [-0.3, -0.25) is 4.99 Å². The Morgan fingerprint density at radius 1 is 1.16 bits per heavy atom. The molecule has 0 aliphatic carbocycles. The van der Waals surface area contributed by atoms with E-state index in [1.807, 2.05) is 18.2 Å². The average molecular weight is 358 g/mol. The summed E-state index contributed by atoms with van der Waals surface area (Å²) in [5.74, 6) is 0.817. The topological polar surface area (TPSA) is 73.8 Å². The predicted octanol–water partition coefficient (Wildman–Crippen LogP) is 1.73. The van der Waals surface area contributed by atoms with E-state index in [0.717, 1.165) is 24.5 Å². The Morgan fingerprint density at radius 2 is 1.88 bits per heavy atom. The third kappa shape index (κ3) is 3.67. The fourth-order valence-electron chi connectivity index (χ4n) is 2.94. The molecule has 0 aromatic heterocycles. The molecule has 0 unspecified atom stereocenters. The third-order valence-electron chi connectivity index (χ3n) is 4.31. The first kappa shape index (κ1) is 17.4. The molecule has 0 spiro atoms. The number of sulfonamides is 1. The van der Waals surface area contributed by atoms with Crippen molar-refractivity contribution in [2.75, 3.05) is 25.5 Å². The summed E-state index contributed by atoms with van der Waals surface area (Å²) in [4.78, 5) is 6.82. The highest BCUT2D eigenvalue weighted by Crippen LogP contribution is 2.27. The van der Waals surface area contributed by atoms with Gasteiger partial charge in [-0.15, -0.1) is 0 Å². The van der Waals surface area contributed by atoms with Gasteiger partial charge in [0.2, 0.25) is 10.0 Å². The molecule has 6 nitrogen and oxygen atoms in total. The van der Waals surface area contributed by atoms with Crippen LogP contribution in [0.2, 0.25) is 0 Å². The van der Waals surface area contributed by atoms with Crippen molar-refractivity contribution < 1.29 is 8.42 Å². The SMILES string of the molecule is CN=C(NCc1ccc(S(=O)(=O)NC)cc1)N1CCc2ccccc21. The summed E-state index contributed by atoms with van der Waals surface area (Å²) >= 11 is 0. The predicted molar refractivity (Wildman–Crippen MR) is 100 cm³/mol. The van der Waals surface area contributed by atoms with Gasteiger partial charge < -0.3 is 10.2 Å². The van der Waals surface area contributed by atoms with Crippen molar-refractivity contribution in [1.82, 2.24) is 10.0 Å². The lowest BCUT2D eigenvalue weighted by Crippen LogP contribution is -2.40. The Kier molecular flexibility index (Phi) is 5.06. The monoisotopic (exact) mass is 358 g/mol. The molecule has 0 bridgehead atoms. The van der Waals surface area contributed by atoms with Crippen molar-refractivity contribution in [3.05, 3.63) is 59.7 Å². The van der Waals surface area contributed by atoms with Crippen LogP contribution in [0.3, 0.4) is 0 Å². The Labute approximate surface area is 148 Å². The molecule has 2 aromatic rings. The zero-order valence-corrected chi connectivity index (χ0v) is 15.2. The quantitative estimate of drug-likeness (QED) is 0.645. The van der Waals surface area contributed by atoms with Gasteiger partial charge in [-0.05, 0) is 42.8 Å². The van der Waals surface area contributed by atoms with Gasteiger partial charge in [0.1, 0.15) is 0 Å². The standard InChI is InChI=1S/C18H22N4O2S/c1-19-18(22-12-11-15-5-3-4-6-17(15)22)21-13-14-7-9-16(10-8-14)25(23,24)20-2/h3-10,20H,11-13H2,1-2H3,(H,19,21). The molecule has 2 N–H and O–H groups in total. The number of nitrogens with zero attached hydrogens (tertiary/aromatic N) is 2. The molecule has 132 valence electrons. The Hall–Kier alpha value is -2.38. The minimum Gasteiger partial charge on any atom is -0.352 e. The molecule has 0 saturated carbocycles. The number of hydrogen-bond acceptors (Lipinski definition) is 3. The van der Waals surface area contributed by atoms with E-state index < -0.39 is 10.0 Å². The maximum absolute atomic E-state index is 11.8. The van der Waals surface area contributed by atoms with E-state index in [-0.39, 0.29) is 4.90 Å². The molecule has 0 atom stereocenters. The van der Waals surface area contributed by atoms with E-state index in [9.17, 15) is 8.42 Å². The highest BCUT2D eigenvalue weighted by atomic mass is 32.2. The van der Waals surface area contributed by atoms with E-state index in [1.165, 1.54) is 18.3 Å². The molecular weight excluding hydrogens is 336 g/mol. The van der Waals surface area contributed by atoms with Gasteiger partial charge in [0.25, 0.3) is 0 Å². The summed E-state index contributed by atoms with van der Waals surface area (Å²) in [6, 6.07) is 15.2. The van der Waals surface area contributed by atoms with Crippen LogP contribution in [0.5, 0.6) is 0 Å². The van der Waals surface area contributed by atoms with Gasteiger partial charge >= 0.3 is 0 Å². The second-order valence-electron chi connectivity index (χ2n) is 5.78. The van der Waals surface area contributed by atoms with E-state index in [0.29, 0.717) is 6.54 Å². The molecule has 7 heteroatoms. The maximum atomic E-state index is 11.8. The highest BCUT2D eigenvalue weighted by Gasteiger charge is 2.22. The van der Waals surface area contributed by atoms with Crippen molar-refractivity contribution in [2.45, 2.75) is 17.9 Å². The van der Waals surface area contributed by atoms with Crippen molar-refractivity contribution in [3.63, 3.8) is 0 Å². The average Bonchev–Trinajstić information content (AvgIpc) is 3.07. The molecule has 1 aliphatic rings. The van der Waals surface area contributed by atoms with Crippen LogP contribution in [0.1, 0.15) is 11.1 Å². The van der Waals surface area contributed by atoms with Crippen LogP contribution < -0.4 is 14.9 Å². The molecule has 1 heterocycles. The van der Waals surface area contributed by atoms with Crippen molar-refractivity contribution in [1.29, 1.82) is 0 Å². The molecule has 0 amide bonds. The third-order valence-corrected chi connectivity index (χ3v) is 5.74. The van der Waals surface area contributed by atoms with Crippen LogP contribution in [0.25, 0.3) is 0 Å². The minimum atomic E-state index is -3.40. The number of aliphatic imine (C=N–C) groups is 1. The number of guanidine groups is 1. The number of benzene rings is 2. The number of rotatable bonds is 4. The highest BCUT2D eigenvalue weighted by molar-refractivity contribution is 7.89. The van der Waals surface area contributed by atoms with Gasteiger partial charge in [0.15, 0.2) is 5.96 Å². The minimum absolute atomic E-state index is 0.261. The molecule has 1 aliphatic heterocycles. The summed E-state index contributed by atoms with van der Waals surface area (Å²) in [5, 5.41) is 3.35. The molecular formula is C18H22N4O2S. The summed E-state index contributed by atoms with van der Waals surface area (Å²) in [5.41, 5.74) is 3.50. The van der Waals surface area contributed by atoms with Crippen molar-refractivity contribution >= 4 is 21.7 Å². The number of fused-ring (bicyclic) bond motifs is 1. The Balaban J connectivity index is 1.69. The van der Waals surface area contributed by atoms with Crippen LogP contribution in [-0.2, 0) is 23.0 Å². The summed E-state index contributed by atoms with van der Waals surface area (Å²) in [6.45, 7) is 1.48. The van der Waals surface area contributed by atoms with E-state index >= 15 is 0 Å². The molecule has 0 radical (unpaired) electrons. The molecule has 2 aromatic carbocycles. The molecule has 25 heavy (non-hydrogen) atoms. The van der Waals surface area contributed by atoms with Gasteiger partial charge in [-0.2, -0.15) is 0 Å². The smallest absolute Gasteiger partial charge is 0.240 e. The largest absolute Gasteiger partial charge is 0.352 e. The van der Waals surface area contributed by atoms with Crippen LogP contribution in [0.4, 0.5) is 5.69 Å². The first-order chi connectivity index (χ1) is 12.0. The van der Waals surface area contributed by atoms with Gasteiger partial charge in [-0.25, -0.2) is 13.1 Å². The number of para-hydroxylation sites is 1. The van der Waals surface area contributed by atoms with Crippen molar-refractivity contribution in [3.8, 4) is 0 Å². The van der Waals surface area contributed by atoms with Crippen molar-refractivity contribution in [2.24, 2.45) is 4.99 Å². The second-order valence-corrected chi connectivity index (χ2v) is 7.67. The lowest BCUT2D eigenvalue weighted by molar-refractivity contribution is 0.588. The fraction of sp³-hybridized carbons (Fsp3) is 0.278. The van der Waals surface area contributed by atoms with Crippen LogP contribution in [0, 0.1) is 0 Å². The summed E-state index contributed by atoms with van der Waals surface area (Å²) in [7, 11) is -0.225. The molecule has 3 rings (SSSR count). The number of hydrogen-bond donors (Lipinski definition) is 2.